The molecule has 1 fully saturated rings. The van der Waals surface area contributed by atoms with Crippen molar-refractivity contribution < 1.29 is 9.53 Å². The van der Waals surface area contributed by atoms with E-state index >= 15 is 0 Å². The van der Waals surface area contributed by atoms with Crippen molar-refractivity contribution in [2.24, 2.45) is 0 Å². The van der Waals surface area contributed by atoms with Gasteiger partial charge in [0.05, 0.1) is 18.9 Å². The number of nitrogens with zero attached hydrogens (tertiary/aromatic N) is 4. The highest BCUT2D eigenvalue weighted by Gasteiger charge is 2.30. The monoisotopic (exact) mass is 366 g/mol. The summed E-state index contributed by atoms with van der Waals surface area (Å²) in [5.41, 5.74) is 4.73. The molecular formula is C21H26N4O2. The lowest BCUT2D eigenvalue weighted by molar-refractivity contribution is 0.0298. The predicted molar refractivity (Wildman–Crippen MR) is 102 cm³/mol. The maximum Gasteiger partial charge on any atom is 0.274 e. The first-order chi connectivity index (χ1) is 13.3. The number of aryl methyl sites for hydroxylation is 1. The summed E-state index contributed by atoms with van der Waals surface area (Å²) in [6.45, 7) is 5.42. The molecular weight excluding hydrogens is 340 g/mol. The Morgan fingerprint density at radius 2 is 1.78 bits per heavy atom. The van der Waals surface area contributed by atoms with E-state index in [4.69, 9.17) is 4.74 Å². The molecule has 2 aliphatic heterocycles. The Balaban J connectivity index is 1.32. The first-order valence-corrected chi connectivity index (χ1v) is 10.0. The van der Waals surface area contributed by atoms with Gasteiger partial charge in [0.15, 0.2) is 5.69 Å². The Labute approximate surface area is 159 Å². The van der Waals surface area contributed by atoms with E-state index in [1.165, 1.54) is 16.8 Å². The fourth-order valence-corrected chi connectivity index (χ4v) is 4.63. The number of benzene rings is 1. The van der Waals surface area contributed by atoms with Gasteiger partial charge in [-0.05, 0) is 36.5 Å². The molecule has 1 aromatic heterocycles. The van der Waals surface area contributed by atoms with Crippen LogP contribution >= 0.6 is 0 Å². The average molecular weight is 366 g/mol. The van der Waals surface area contributed by atoms with Crippen molar-refractivity contribution >= 4 is 5.91 Å². The minimum atomic E-state index is 0.0405. The quantitative estimate of drug-likeness (QED) is 0.812. The highest BCUT2D eigenvalue weighted by Crippen LogP contribution is 2.28. The van der Waals surface area contributed by atoms with Crippen molar-refractivity contribution in [3.63, 3.8) is 0 Å². The summed E-state index contributed by atoms with van der Waals surface area (Å²) >= 11 is 0. The van der Waals surface area contributed by atoms with Gasteiger partial charge in [-0.1, -0.05) is 24.3 Å². The molecule has 1 aromatic carbocycles. The number of rotatable bonds is 2. The van der Waals surface area contributed by atoms with Gasteiger partial charge < -0.3 is 9.64 Å². The summed E-state index contributed by atoms with van der Waals surface area (Å²) in [5.74, 6) is 0.0405. The van der Waals surface area contributed by atoms with Crippen LogP contribution in [0.5, 0.6) is 0 Å². The zero-order valence-electron chi connectivity index (χ0n) is 15.6. The fourth-order valence-electron chi connectivity index (χ4n) is 4.63. The van der Waals surface area contributed by atoms with Crippen LogP contribution in [-0.4, -0.2) is 64.4 Å². The Hall–Kier alpha value is -2.18. The lowest BCUT2D eigenvalue weighted by Crippen LogP contribution is -2.40. The van der Waals surface area contributed by atoms with Crippen LogP contribution in [0.4, 0.5) is 0 Å². The third-order valence-corrected chi connectivity index (χ3v) is 6.11. The third kappa shape index (κ3) is 3.28. The van der Waals surface area contributed by atoms with E-state index in [2.05, 4.69) is 38.9 Å². The zero-order chi connectivity index (χ0) is 18.2. The van der Waals surface area contributed by atoms with E-state index in [0.29, 0.717) is 38.0 Å². The van der Waals surface area contributed by atoms with E-state index in [1.807, 2.05) is 11.0 Å². The molecule has 0 radical (unpaired) electrons. The van der Waals surface area contributed by atoms with E-state index in [-0.39, 0.29) is 5.91 Å². The van der Waals surface area contributed by atoms with Crippen molar-refractivity contribution in [2.45, 2.75) is 38.4 Å². The number of hydrogen-bond donors (Lipinski definition) is 0. The standard InChI is InChI=1S/C21H26N4O2/c26-21(23-8-10-27-11-9-23)20-14-19-15-24(6-3-7-25(19)22-20)18-12-16-4-1-2-5-17(16)13-18/h1-2,4-5,14,18H,3,6-13,15H2. The minimum absolute atomic E-state index is 0.0405. The van der Waals surface area contributed by atoms with Crippen LogP contribution in [0.1, 0.15) is 33.7 Å². The van der Waals surface area contributed by atoms with Crippen molar-refractivity contribution in [1.29, 1.82) is 0 Å². The van der Waals surface area contributed by atoms with Gasteiger partial charge in [0.2, 0.25) is 0 Å². The number of ether oxygens (including phenoxy) is 1. The van der Waals surface area contributed by atoms with E-state index < -0.39 is 0 Å². The number of fused-ring (bicyclic) bond motifs is 2. The Kier molecular flexibility index (Phi) is 4.45. The second kappa shape index (κ2) is 7.09. The normalized spacial score (nSPS) is 21.0. The lowest BCUT2D eigenvalue weighted by Gasteiger charge is -2.27. The molecule has 0 unspecified atom stereocenters. The van der Waals surface area contributed by atoms with Crippen LogP contribution in [0.15, 0.2) is 30.3 Å². The Morgan fingerprint density at radius 1 is 1.04 bits per heavy atom. The molecule has 1 saturated heterocycles. The van der Waals surface area contributed by atoms with Gasteiger partial charge in [0.1, 0.15) is 0 Å². The summed E-state index contributed by atoms with van der Waals surface area (Å²) in [5, 5.41) is 4.64. The molecule has 6 heteroatoms. The van der Waals surface area contributed by atoms with Gasteiger partial charge in [-0.2, -0.15) is 5.10 Å². The van der Waals surface area contributed by atoms with Crippen LogP contribution in [-0.2, 0) is 30.7 Å². The summed E-state index contributed by atoms with van der Waals surface area (Å²) in [6, 6.07) is 11.4. The number of amides is 1. The lowest BCUT2D eigenvalue weighted by atomic mass is 10.1. The number of carbonyl (C=O) groups is 1. The molecule has 3 aliphatic rings. The molecule has 0 saturated carbocycles. The number of carbonyl (C=O) groups excluding carboxylic acids is 1. The Bertz CT molecular complexity index is 815. The maximum absolute atomic E-state index is 12.8. The largest absolute Gasteiger partial charge is 0.378 e. The topological polar surface area (TPSA) is 50.6 Å². The molecule has 0 N–H and O–H groups in total. The van der Waals surface area contributed by atoms with Crippen molar-refractivity contribution in [3.8, 4) is 0 Å². The molecule has 0 atom stereocenters. The van der Waals surface area contributed by atoms with Gasteiger partial charge in [-0.25, -0.2) is 0 Å². The molecule has 0 bridgehead atoms. The molecule has 27 heavy (non-hydrogen) atoms. The van der Waals surface area contributed by atoms with Gasteiger partial charge >= 0.3 is 0 Å². The average Bonchev–Trinajstić information content (AvgIpc) is 3.26. The summed E-state index contributed by atoms with van der Waals surface area (Å²) < 4.78 is 7.41. The van der Waals surface area contributed by atoms with Crippen molar-refractivity contribution in [1.82, 2.24) is 19.6 Å². The van der Waals surface area contributed by atoms with Gasteiger partial charge in [0, 0.05) is 38.8 Å². The predicted octanol–water partition coefficient (Wildman–Crippen LogP) is 1.73. The highest BCUT2D eigenvalue weighted by molar-refractivity contribution is 5.92. The second-order valence-electron chi connectivity index (χ2n) is 7.80. The van der Waals surface area contributed by atoms with E-state index in [0.717, 1.165) is 38.9 Å². The number of aromatic nitrogens is 2. The maximum atomic E-state index is 12.8. The zero-order valence-corrected chi connectivity index (χ0v) is 15.6. The van der Waals surface area contributed by atoms with Crippen LogP contribution in [0.2, 0.25) is 0 Å². The molecule has 6 nitrogen and oxygen atoms in total. The summed E-state index contributed by atoms with van der Waals surface area (Å²) in [6.07, 6.45) is 3.33. The Morgan fingerprint density at radius 3 is 2.52 bits per heavy atom. The molecule has 3 heterocycles. The van der Waals surface area contributed by atoms with Gasteiger partial charge in [-0.3, -0.25) is 14.4 Å². The molecule has 142 valence electrons. The first kappa shape index (κ1) is 17.0. The van der Waals surface area contributed by atoms with E-state index in [9.17, 15) is 4.79 Å². The second-order valence-corrected chi connectivity index (χ2v) is 7.80. The van der Waals surface area contributed by atoms with E-state index in [1.54, 1.807) is 0 Å². The summed E-state index contributed by atoms with van der Waals surface area (Å²) in [7, 11) is 0. The van der Waals surface area contributed by atoms with Crippen LogP contribution in [0.3, 0.4) is 0 Å². The first-order valence-electron chi connectivity index (χ1n) is 10.0. The smallest absolute Gasteiger partial charge is 0.274 e. The van der Waals surface area contributed by atoms with Gasteiger partial charge in [-0.15, -0.1) is 0 Å². The number of hydrogen-bond acceptors (Lipinski definition) is 4. The molecule has 5 rings (SSSR count). The molecule has 1 amide bonds. The highest BCUT2D eigenvalue weighted by atomic mass is 16.5. The molecule has 1 aliphatic carbocycles. The number of morpholine rings is 1. The van der Waals surface area contributed by atoms with Crippen LogP contribution in [0, 0.1) is 0 Å². The van der Waals surface area contributed by atoms with Crippen molar-refractivity contribution in [3.05, 3.63) is 52.8 Å². The van der Waals surface area contributed by atoms with Crippen LogP contribution in [0.25, 0.3) is 0 Å². The van der Waals surface area contributed by atoms with Crippen LogP contribution < -0.4 is 0 Å². The fraction of sp³-hybridized carbons (Fsp3) is 0.524. The SMILES string of the molecule is O=C(c1cc2n(n1)CCCN(C1Cc3ccccc3C1)C2)N1CCOCC1. The summed E-state index contributed by atoms with van der Waals surface area (Å²) in [4.78, 5) is 17.2. The minimum Gasteiger partial charge on any atom is -0.378 e. The van der Waals surface area contributed by atoms with Gasteiger partial charge in [0.25, 0.3) is 5.91 Å². The third-order valence-electron chi connectivity index (χ3n) is 6.11. The van der Waals surface area contributed by atoms with Crippen molar-refractivity contribution in [2.75, 3.05) is 32.8 Å². The molecule has 0 spiro atoms. The molecule has 2 aromatic rings.